The molecule has 3 N–H and O–H groups in total. The van der Waals surface area contributed by atoms with Gasteiger partial charge in [0.25, 0.3) is 0 Å². The molecule has 0 aliphatic rings. The third-order valence-electron chi connectivity index (χ3n) is 4.24. The van der Waals surface area contributed by atoms with Crippen molar-refractivity contribution in [1.29, 1.82) is 0 Å². The van der Waals surface area contributed by atoms with E-state index in [4.69, 9.17) is 4.52 Å². The van der Waals surface area contributed by atoms with Gasteiger partial charge in [-0.1, -0.05) is 25.1 Å². The van der Waals surface area contributed by atoms with Crippen LogP contribution in [0.5, 0.6) is 0 Å². The number of benzene rings is 1. The van der Waals surface area contributed by atoms with Crippen LogP contribution in [0.1, 0.15) is 51.0 Å². The number of rotatable bonds is 9. The SMILES string of the molecule is CCNC(=NCC(=O)Nc1cccc(F)c1)NCc1cc(C(CC)CC)no1.I. The quantitative estimate of drug-likeness (QED) is 0.266. The van der Waals surface area contributed by atoms with E-state index in [1.165, 1.54) is 18.2 Å². The minimum atomic E-state index is -0.406. The molecule has 0 saturated carbocycles. The predicted molar refractivity (Wildman–Crippen MR) is 123 cm³/mol. The Kier molecular flexibility index (Phi) is 11.3. The standard InChI is InChI=1S/C20H28FN5O2.HI/c1-4-14(5-2)18-11-17(28-26-18)12-23-20(22-6-3)24-13-19(27)25-16-9-7-8-15(21)10-16;/h7-11,14H,4-6,12-13H2,1-3H3,(H,25,27)(H2,22,23,24);1H. The van der Waals surface area contributed by atoms with Crippen LogP contribution >= 0.6 is 24.0 Å². The Labute approximate surface area is 187 Å². The smallest absolute Gasteiger partial charge is 0.246 e. The number of aliphatic imine (C=N–C) groups is 1. The summed E-state index contributed by atoms with van der Waals surface area (Å²) in [6, 6.07) is 7.68. The number of anilines is 1. The molecule has 7 nitrogen and oxygen atoms in total. The molecule has 1 amide bonds. The van der Waals surface area contributed by atoms with E-state index in [2.05, 4.69) is 39.9 Å². The van der Waals surface area contributed by atoms with Crippen LogP contribution < -0.4 is 16.0 Å². The van der Waals surface area contributed by atoms with Crippen molar-refractivity contribution in [2.75, 3.05) is 18.4 Å². The van der Waals surface area contributed by atoms with Gasteiger partial charge >= 0.3 is 0 Å². The largest absolute Gasteiger partial charge is 0.359 e. The summed E-state index contributed by atoms with van der Waals surface area (Å²) in [5, 5.41) is 12.9. The van der Waals surface area contributed by atoms with Crippen LogP contribution in [0.3, 0.4) is 0 Å². The molecule has 29 heavy (non-hydrogen) atoms. The molecule has 0 spiro atoms. The predicted octanol–water partition coefficient (Wildman–Crippen LogP) is 4.03. The molecule has 0 unspecified atom stereocenters. The number of carbonyl (C=O) groups excluding carboxylic acids is 1. The Hall–Kier alpha value is -2.17. The van der Waals surface area contributed by atoms with Crippen LogP contribution in [0.15, 0.2) is 39.8 Å². The Morgan fingerprint density at radius 3 is 2.62 bits per heavy atom. The van der Waals surface area contributed by atoms with E-state index in [9.17, 15) is 9.18 Å². The summed E-state index contributed by atoms with van der Waals surface area (Å²) in [5.41, 5.74) is 1.35. The van der Waals surface area contributed by atoms with Crippen LogP contribution in [-0.4, -0.2) is 30.1 Å². The van der Waals surface area contributed by atoms with Gasteiger partial charge in [-0.05, 0) is 38.0 Å². The highest BCUT2D eigenvalue weighted by molar-refractivity contribution is 14.0. The number of halogens is 2. The van der Waals surface area contributed by atoms with Crippen molar-refractivity contribution in [1.82, 2.24) is 15.8 Å². The first-order chi connectivity index (χ1) is 13.5. The Balaban J connectivity index is 0.00000420. The zero-order valence-electron chi connectivity index (χ0n) is 17.0. The van der Waals surface area contributed by atoms with Crippen molar-refractivity contribution >= 4 is 41.5 Å². The van der Waals surface area contributed by atoms with E-state index in [0.29, 0.717) is 36.4 Å². The molecular formula is C20H29FIN5O2. The minimum absolute atomic E-state index is 0. The third kappa shape index (κ3) is 8.38. The number of hydrogen-bond donors (Lipinski definition) is 3. The van der Waals surface area contributed by atoms with E-state index in [-0.39, 0.29) is 36.4 Å². The summed E-state index contributed by atoms with van der Waals surface area (Å²) in [6.07, 6.45) is 2.03. The summed E-state index contributed by atoms with van der Waals surface area (Å²) in [7, 11) is 0. The monoisotopic (exact) mass is 517 g/mol. The molecule has 0 fully saturated rings. The van der Waals surface area contributed by atoms with Crippen molar-refractivity contribution in [2.24, 2.45) is 4.99 Å². The number of aromatic nitrogens is 1. The lowest BCUT2D eigenvalue weighted by atomic mass is 9.99. The van der Waals surface area contributed by atoms with Crippen molar-refractivity contribution in [2.45, 2.75) is 46.1 Å². The molecule has 0 radical (unpaired) electrons. The van der Waals surface area contributed by atoms with E-state index >= 15 is 0 Å². The second-order valence-electron chi connectivity index (χ2n) is 6.34. The van der Waals surface area contributed by atoms with Gasteiger partial charge in [0.05, 0.1) is 12.2 Å². The van der Waals surface area contributed by atoms with E-state index in [0.717, 1.165) is 18.5 Å². The molecule has 2 aromatic rings. The first kappa shape index (κ1) is 24.9. The molecule has 0 aliphatic carbocycles. The summed E-state index contributed by atoms with van der Waals surface area (Å²) in [5.74, 6) is 0.842. The van der Waals surface area contributed by atoms with Crippen molar-refractivity contribution < 1.29 is 13.7 Å². The highest BCUT2D eigenvalue weighted by Crippen LogP contribution is 2.22. The number of hydrogen-bond acceptors (Lipinski definition) is 4. The first-order valence-electron chi connectivity index (χ1n) is 9.58. The third-order valence-corrected chi connectivity index (χ3v) is 4.24. The fourth-order valence-corrected chi connectivity index (χ4v) is 2.74. The Bertz CT molecular complexity index is 793. The second-order valence-corrected chi connectivity index (χ2v) is 6.34. The van der Waals surface area contributed by atoms with Gasteiger partial charge in [0.2, 0.25) is 5.91 Å². The van der Waals surface area contributed by atoms with Crippen LogP contribution in [0, 0.1) is 5.82 Å². The highest BCUT2D eigenvalue weighted by Gasteiger charge is 2.13. The van der Waals surface area contributed by atoms with Gasteiger partial charge in [0, 0.05) is 24.2 Å². The summed E-state index contributed by atoms with van der Waals surface area (Å²) < 4.78 is 18.6. The normalized spacial score (nSPS) is 11.1. The number of guanidine groups is 1. The number of nitrogens with zero attached hydrogens (tertiary/aromatic N) is 2. The number of amides is 1. The molecule has 0 atom stereocenters. The van der Waals surface area contributed by atoms with Crippen LogP contribution in [0.25, 0.3) is 0 Å². The molecule has 160 valence electrons. The highest BCUT2D eigenvalue weighted by atomic mass is 127. The van der Waals surface area contributed by atoms with Gasteiger partial charge in [-0.2, -0.15) is 0 Å². The van der Waals surface area contributed by atoms with Crippen LogP contribution in [0.2, 0.25) is 0 Å². The maximum Gasteiger partial charge on any atom is 0.246 e. The summed E-state index contributed by atoms with van der Waals surface area (Å²) in [4.78, 5) is 16.3. The lowest BCUT2D eigenvalue weighted by Gasteiger charge is -2.10. The van der Waals surface area contributed by atoms with Gasteiger partial charge in [0.15, 0.2) is 11.7 Å². The second kappa shape index (κ2) is 13.1. The van der Waals surface area contributed by atoms with Gasteiger partial charge in [-0.15, -0.1) is 24.0 Å². The molecule has 1 aromatic carbocycles. The molecule has 1 heterocycles. The average molecular weight is 517 g/mol. The summed E-state index contributed by atoms with van der Waals surface area (Å²) in [6.45, 7) is 7.15. The van der Waals surface area contributed by atoms with E-state index < -0.39 is 5.82 Å². The van der Waals surface area contributed by atoms with E-state index in [1.807, 2.05) is 13.0 Å². The maximum absolute atomic E-state index is 13.2. The van der Waals surface area contributed by atoms with Gasteiger partial charge < -0.3 is 20.5 Å². The van der Waals surface area contributed by atoms with Gasteiger partial charge in [0.1, 0.15) is 12.4 Å². The van der Waals surface area contributed by atoms with Crippen molar-refractivity contribution in [3.8, 4) is 0 Å². The molecular weight excluding hydrogens is 488 g/mol. The maximum atomic E-state index is 13.2. The van der Waals surface area contributed by atoms with E-state index in [1.54, 1.807) is 6.07 Å². The summed E-state index contributed by atoms with van der Waals surface area (Å²) >= 11 is 0. The lowest BCUT2D eigenvalue weighted by Crippen LogP contribution is -2.37. The Morgan fingerprint density at radius 1 is 1.21 bits per heavy atom. The number of nitrogens with one attached hydrogen (secondary N) is 3. The zero-order chi connectivity index (χ0) is 20.4. The van der Waals surface area contributed by atoms with Gasteiger partial charge in [-0.3, -0.25) is 4.79 Å². The minimum Gasteiger partial charge on any atom is -0.359 e. The molecule has 1 aromatic heterocycles. The average Bonchev–Trinajstić information content (AvgIpc) is 3.14. The zero-order valence-corrected chi connectivity index (χ0v) is 19.3. The Morgan fingerprint density at radius 2 is 1.97 bits per heavy atom. The molecule has 9 heteroatoms. The molecule has 0 bridgehead atoms. The van der Waals surface area contributed by atoms with Crippen LogP contribution in [0.4, 0.5) is 10.1 Å². The molecule has 2 rings (SSSR count). The van der Waals surface area contributed by atoms with Gasteiger partial charge in [-0.25, -0.2) is 9.38 Å². The lowest BCUT2D eigenvalue weighted by molar-refractivity contribution is -0.114. The van der Waals surface area contributed by atoms with Crippen molar-refractivity contribution in [3.05, 3.63) is 47.6 Å². The fourth-order valence-electron chi connectivity index (χ4n) is 2.74. The fraction of sp³-hybridized carbons (Fsp3) is 0.450. The topological polar surface area (TPSA) is 91.5 Å². The molecule has 0 saturated heterocycles. The first-order valence-corrected chi connectivity index (χ1v) is 9.58. The van der Waals surface area contributed by atoms with Crippen LogP contribution in [-0.2, 0) is 11.3 Å². The van der Waals surface area contributed by atoms with Crippen molar-refractivity contribution in [3.63, 3.8) is 0 Å². The molecule has 0 aliphatic heterocycles. The number of carbonyl (C=O) groups is 1.